The van der Waals surface area contributed by atoms with E-state index in [-0.39, 0.29) is 23.4 Å². The molecule has 1 N–H and O–H groups in total. The number of nitro groups is 1. The lowest BCUT2D eigenvalue weighted by atomic mass is 10.0. The Morgan fingerprint density at radius 2 is 2.04 bits per heavy atom. The summed E-state index contributed by atoms with van der Waals surface area (Å²) in [6.07, 6.45) is -0.280. The Morgan fingerprint density at radius 3 is 2.64 bits per heavy atom. The number of ether oxygens (including phenoxy) is 1. The van der Waals surface area contributed by atoms with E-state index in [0.29, 0.717) is 11.4 Å². The standard InChI is InChI=1S/C17H19N3O5/c1-10-18-15(11-6-5-7-12(8-11)20(23)24)13(16(22)19-10)9-14(21)25-17(2,3)4/h5-8H,9H2,1-4H3,(H,18,19,22). The summed E-state index contributed by atoms with van der Waals surface area (Å²) < 4.78 is 5.25. The van der Waals surface area contributed by atoms with Gasteiger partial charge in [-0.1, -0.05) is 12.1 Å². The lowest BCUT2D eigenvalue weighted by Gasteiger charge is -2.19. The molecule has 0 aliphatic heterocycles. The van der Waals surface area contributed by atoms with Gasteiger partial charge in [-0.25, -0.2) is 4.98 Å². The van der Waals surface area contributed by atoms with E-state index in [4.69, 9.17) is 4.74 Å². The third-order valence-electron chi connectivity index (χ3n) is 3.21. The molecule has 0 radical (unpaired) electrons. The van der Waals surface area contributed by atoms with Crippen molar-refractivity contribution in [2.75, 3.05) is 0 Å². The second-order valence-corrected chi connectivity index (χ2v) is 6.55. The molecule has 1 aromatic heterocycles. The van der Waals surface area contributed by atoms with Crippen molar-refractivity contribution in [1.29, 1.82) is 0 Å². The van der Waals surface area contributed by atoms with Crippen LogP contribution in [0.5, 0.6) is 0 Å². The topological polar surface area (TPSA) is 115 Å². The van der Waals surface area contributed by atoms with Crippen molar-refractivity contribution in [2.45, 2.75) is 39.7 Å². The Balaban J connectivity index is 2.51. The van der Waals surface area contributed by atoms with Gasteiger partial charge in [0.1, 0.15) is 11.4 Å². The predicted octanol–water partition coefficient (Wildman–Crippen LogP) is 2.54. The quantitative estimate of drug-likeness (QED) is 0.517. The summed E-state index contributed by atoms with van der Waals surface area (Å²) in [4.78, 5) is 41.7. The number of carbonyl (C=O) groups excluding carboxylic acids is 1. The fourth-order valence-corrected chi connectivity index (χ4v) is 2.30. The summed E-state index contributed by atoms with van der Waals surface area (Å²) in [5, 5.41) is 11.0. The SMILES string of the molecule is Cc1nc(-c2cccc([N+](=O)[O-])c2)c(CC(=O)OC(C)(C)C)c(=O)[nH]1. The van der Waals surface area contributed by atoms with Crippen molar-refractivity contribution in [3.63, 3.8) is 0 Å². The fraction of sp³-hybridized carbons (Fsp3) is 0.353. The number of hydrogen-bond donors (Lipinski definition) is 1. The van der Waals surface area contributed by atoms with Crippen LogP contribution in [0.1, 0.15) is 32.2 Å². The van der Waals surface area contributed by atoms with Gasteiger partial charge in [-0.2, -0.15) is 0 Å². The fourth-order valence-electron chi connectivity index (χ4n) is 2.30. The first-order chi connectivity index (χ1) is 11.6. The average molecular weight is 345 g/mol. The molecule has 1 aromatic carbocycles. The molecule has 0 spiro atoms. The van der Waals surface area contributed by atoms with Gasteiger partial charge >= 0.3 is 5.97 Å². The molecule has 8 heteroatoms. The van der Waals surface area contributed by atoms with Crippen LogP contribution in [0.3, 0.4) is 0 Å². The van der Waals surface area contributed by atoms with Gasteiger partial charge in [0.2, 0.25) is 0 Å². The number of non-ortho nitro benzene ring substituents is 1. The maximum atomic E-state index is 12.3. The number of carbonyl (C=O) groups is 1. The Hall–Kier alpha value is -3.03. The van der Waals surface area contributed by atoms with Gasteiger partial charge in [-0.15, -0.1) is 0 Å². The minimum absolute atomic E-state index is 0.111. The monoisotopic (exact) mass is 345 g/mol. The van der Waals surface area contributed by atoms with Crippen LogP contribution in [0.2, 0.25) is 0 Å². The first-order valence-corrected chi connectivity index (χ1v) is 7.63. The molecule has 0 unspecified atom stereocenters. The van der Waals surface area contributed by atoms with Crippen LogP contribution in [-0.4, -0.2) is 26.5 Å². The molecule has 2 aromatic rings. The highest BCUT2D eigenvalue weighted by molar-refractivity contribution is 5.77. The number of aromatic amines is 1. The number of esters is 1. The Bertz CT molecular complexity index is 881. The van der Waals surface area contributed by atoms with Crippen molar-refractivity contribution in [2.24, 2.45) is 0 Å². The molecular weight excluding hydrogens is 326 g/mol. The number of H-pyrrole nitrogens is 1. The normalized spacial score (nSPS) is 11.2. The van der Waals surface area contributed by atoms with Gasteiger partial charge in [0.05, 0.1) is 22.6 Å². The summed E-state index contributed by atoms with van der Waals surface area (Å²) in [7, 11) is 0. The van der Waals surface area contributed by atoms with E-state index < -0.39 is 22.1 Å². The number of nitrogens with one attached hydrogen (secondary N) is 1. The highest BCUT2D eigenvalue weighted by Crippen LogP contribution is 2.24. The van der Waals surface area contributed by atoms with Crippen LogP contribution in [0.4, 0.5) is 5.69 Å². The van der Waals surface area contributed by atoms with E-state index in [9.17, 15) is 19.7 Å². The Kier molecular flexibility index (Phi) is 5.01. The van der Waals surface area contributed by atoms with Crippen LogP contribution >= 0.6 is 0 Å². The zero-order valence-electron chi connectivity index (χ0n) is 14.5. The maximum absolute atomic E-state index is 12.3. The van der Waals surface area contributed by atoms with Gasteiger partial charge in [-0.3, -0.25) is 19.7 Å². The van der Waals surface area contributed by atoms with Gasteiger partial charge in [0.15, 0.2) is 0 Å². The molecule has 0 atom stereocenters. The summed E-state index contributed by atoms with van der Waals surface area (Å²) in [6.45, 7) is 6.78. The highest BCUT2D eigenvalue weighted by atomic mass is 16.6. The van der Waals surface area contributed by atoms with Crippen molar-refractivity contribution in [3.05, 3.63) is 56.1 Å². The molecule has 0 saturated heterocycles. The predicted molar refractivity (Wildman–Crippen MR) is 91.2 cm³/mol. The molecule has 0 saturated carbocycles. The Labute approximate surface area is 144 Å². The van der Waals surface area contributed by atoms with E-state index in [1.807, 2.05) is 0 Å². The molecule has 2 rings (SSSR count). The Morgan fingerprint density at radius 1 is 1.36 bits per heavy atom. The summed E-state index contributed by atoms with van der Waals surface area (Å²) in [5.41, 5.74) is -0.549. The van der Waals surface area contributed by atoms with Crippen LogP contribution in [0, 0.1) is 17.0 Å². The summed E-state index contributed by atoms with van der Waals surface area (Å²) in [5.74, 6) is -0.227. The molecular formula is C17H19N3O5. The molecule has 0 aliphatic carbocycles. The number of benzene rings is 1. The zero-order chi connectivity index (χ0) is 18.8. The first-order valence-electron chi connectivity index (χ1n) is 7.63. The molecule has 0 fully saturated rings. The number of aryl methyl sites for hydroxylation is 1. The molecule has 0 amide bonds. The van der Waals surface area contributed by atoms with Gasteiger partial charge < -0.3 is 9.72 Å². The largest absolute Gasteiger partial charge is 0.460 e. The minimum Gasteiger partial charge on any atom is -0.460 e. The molecule has 8 nitrogen and oxygen atoms in total. The summed E-state index contributed by atoms with van der Waals surface area (Å²) in [6, 6.07) is 5.77. The van der Waals surface area contributed by atoms with Crippen molar-refractivity contribution >= 4 is 11.7 Å². The molecule has 0 bridgehead atoms. The third-order valence-corrected chi connectivity index (χ3v) is 3.21. The number of nitro benzene ring substituents is 1. The van der Waals surface area contributed by atoms with Gasteiger partial charge in [-0.05, 0) is 27.7 Å². The van der Waals surface area contributed by atoms with Crippen LogP contribution in [-0.2, 0) is 16.0 Å². The summed E-state index contributed by atoms with van der Waals surface area (Å²) >= 11 is 0. The lowest BCUT2D eigenvalue weighted by Crippen LogP contribution is -2.27. The van der Waals surface area contributed by atoms with Crippen molar-refractivity contribution < 1.29 is 14.5 Å². The number of aromatic nitrogens is 2. The van der Waals surface area contributed by atoms with Gasteiger partial charge in [0, 0.05) is 17.7 Å². The second kappa shape index (κ2) is 6.84. The lowest BCUT2D eigenvalue weighted by molar-refractivity contribution is -0.384. The van der Waals surface area contributed by atoms with E-state index in [0.717, 1.165) is 0 Å². The van der Waals surface area contributed by atoms with Crippen LogP contribution in [0.15, 0.2) is 29.1 Å². The molecule has 132 valence electrons. The van der Waals surface area contributed by atoms with Gasteiger partial charge in [0.25, 0.3) is 11.2 Å². The van der Waals surface area contributed by atoms with Crippen molar-refractivity contribution in [1.82, 2.24) is 9.97 Å². The van der Waals surface area contributed by atoms with Crippen LogP contribution in [0.25, 0.3) is 11.3 Å². The smallest absolute Gasteiger partial charge is 0.311 e. The second-order valence-electron chi connectivity index (χ2n) is 6.55. The molecule has 1 heterocycles. The number of rotatable bonds is 4. The number of hydrogen-bond acceptors (Lipinski definition) is 6. The van der Waals surface area contributed by atoms with E-state index in [1.165, 1.54) is 18.2 Å². The minimum atomic E-state index is -0.687. The average Bonchev–Trinajstić information content (AvgIpc) is 2.48. The highest BCUT2D eigenvalue weighted by Gasteiger charge is 2.21. The number of nitrogens with zero attached hydrogens (tertiary/aromatic N) is 2. The van der Waals surface area contributed by atoms with Crippen LogP contribution < -0.4 is 5.56 Å². The molecule has 25 heavy (non-hydrogen) atoms. The third kappa shape index (κ3) is 4.72. The molecule has 0 aliphatic rings. The van der Waals surface area contributed by atoms with E-state index >= 15 is 0 Å². The first kappa shape index (κ1) is 18.3. The van der Waals surface area contributed by atoms with E-state index in [2.05, 4.69) is 9.97 Å². The zero-order valence-corrected chi connectivity index (χ0v) is 14.5. The van der Waals surface area contributed by atoms with Crippen molar-refractivity contribution in [3.8, 4) is 11.3 Å². The maximum Gasteiger partial charge on any atom is 0.311 e. The van der Waals surface area contributed by atoms with E-state index in [1.54, 1.807) is 33.8 Å².